The zero-order chi connectivity index (χ0) is 31.2. The van der Waals surface area contributed by atoms with E-state index >= 15 is 0 Å². The molecule has 9 rings (SSSR count). The topological polar surface area (TPSA) is 51.6 Å². The Labute approximate surface area is 275 Å². The molecule has 4 heterocycles. The molecule has 0 aliphatic carbocycles. The van der Waals surface area contributed by atoms with Gasteiger partial charge in [-0.25, -0.2) is 19.9 Å². The van der Waals surface area contributed by atoms with Gasteiger partial charge in [-0.05, 0) is 47.5 Å². The number of rotatable bonds is 5. The van der Waals surface area contributed by atoms with Gasteiger partial charge < -0.3 is 0 Å². The van der Waals surface area contributed by atoms with E-state index in [-0.39, 0.29) is 0 Å². The fraction of sp³-hybridized carbons (Fsp3) is 0. The standard InChI is InChI=1S/C42H26N4S/c1-3-10-27(11-4-1)36-25-37(46-41(45-36)30-12-5-2-6-13-30)28-17-19-29(20-18-28)40-33-15-9-23-43-42(33)44-26-35(40)31-21-22-39-34(24-31)32-14-7-8-16-38(32)47-39/h1-26H. The minimum atomic E-state index is 0.705. The first-order chi connectivity index (χ1) is 23.3. The van der Waals surface area contributed by atoms with Gasteiger partial charge in [0.25, 0.3) is 0 Å². The maximum absolute atomic E-state index is 5.04. The van der Waals surface area contributed by atoms with Crippen LogP contribution >= 0.6 is 11.3 Å². The predicted octanol–water partition coefficient (Wildman–Crippen LogP) is 11.1. The number of pyridine rings is 2. The molecular weight excluding hydrogens is 593 g/mol. The molecule has 220 valence electrons. The lowest BCUT2D eigenvalue weighted by Gasteiger charge is -2.14. The minimum Gasteiger partial charge on any atom is -0.237 e. The van der Waals surface area contributed by atoms with Crippen molar-refractivity contribution in [3.8, 4) is 56.2 Å². The Bertz CT molecular complexity index is 2500. The highest BCUT2D eigenvalue weighted by molar-refractivity contribution is 7.25. The van der Waals surface area contributed by atoms with E-state index in [1.165, 1.54) is 20.2 Å². The summed E-state index contributed by atoms with van der Waals surface area (Å²) in [4.78, 5) is 19.4. The second kappa shape index (κ2) is 11.4. The number of hydrogen-bond acceptors (Lipinski definition) is 5. The molecule has 0 spiro atoms. The lowest BCUT2D eigenvalue weighted by Crippen LogP contribution is -1.96. The van der Waals surface area contributed by atoms with E-state index in [0.29, 0.717) is 5.82 Å². The van der Waals surface area contributed by atoms with Crippen LogP contribution in [0.25, 0.3) is 87.4 Å². The van der Waals surface area contributed by atoms with Crippen LogP contribution in [0.1, 0.15) is 0 Å². The minimum absolute atomic E-state index is 0.705. The predicted molar refractivity (Wildman–Crippen MR) is 195 cm³/mol. The van der Waals surface area contributed by atoms with Crippen molar-refractivity contribution in [3.05, 3.63) is 158 Å². The number of aromatic nitrogens is 4. The smallest absolute Gasteiger partial charge is 0.160 e. The average molecular weight is 619 g/mol. The van der Waals surface area contributed by atoms with Crippen LogP contribution in [-0.2, 0) is 0 Å². The Balaban J connectivity index is 1.19. The van der Waals surface area contributed by atoms with Crippen LogP contribution in [0.3, 0.4) is 0 Å². The normalized spacial score (nSPS) is 11.4. The summed E-state index contributed by atoms with van der Waals surface area (Å²) in [5.74, 6) is 0.705. The highest BCUT2D eigenvalue weighted by Crippen LogP contribution is 2.41. The molecule has 0 saturated heterocycles. The Morgan fingerprint density at radius 2 is 1.04 bits per heavy atom. The van der Waals surface area contributed by atoms with E-state index in [1.54, 1.807) is 6.20 Å². The molecule has 0 unspecified atom stereocenters. The van der Waals surface area contributed by atoms with Crippen molar-refractivity contribution in [1.82, 2.24) is 19.9 Å². The van der Waals surface area contributed by atoms with Crippen LogP contribution in [0.4, 0.5) is 0 Å². The largest absolute Gasteiger partial charge is 0.237 e. The molecule has 5 aromatic carbocycles. The third-order valence-corrected chi connectivity index (χ3v) is 9.78. The molecule has 0 atom stereocenters. The molecule has 5 heteroatoms. The highest BCUT2D eigenvalue weighted by Gasteiger charge is 2.16. The lowest BCUT2D eigenvalue weighted by atomic mass is 9.92. The van der Waals surface area contributed by atoms with Crippen molar-refractivity contribution in [2.45, 2.75) is 0 Å². The molecule has 0 N–H and O–H groups in total. The molecule has 4 aromatic heterocycles. The Hall–Kier alpha value is -6.04. The molecule has 0 radical (unpaired) electrons. The van der Waals surface area contributed by atoms with E-state index in [0.717, 1.165) is 61.4 Å². The molecule has 0 bridgehead atoms. The zero-order valence-electron chi connectivity index (χ0n) is 25.2. The summed E-state index contributed by atoms with van der Waals surface area (Å²) >= 11 is 1.83. The third kappa shape index (κ3) is 4.94. The summed E-state index contributed by atoms with van der Waals surface area (Å²) in [5, 5.41) is 3.57. The highest BCUT2D eigenvalue weighted by atomic mass is 32.1. The summed E-state index contributed by atoms with van der Waals surface area (Å²) in [7, 11) is 0. The third-order valence-electron chi connectivity index (χ3n) is 8.63. The number of benzene rings is 5. The second-order valence-electron chi connectivity index (χ2n) is 11.5. The molecular formula is C42H26N4S. The van der Waals surface area contributed by atoms with Crippen LogP contribution in [0, 0.1) is 0 Å². The summed E-state index contributed by atoms with van der Waals surface area (Å²) in [6.07, 6.45) is 3.77. The molecule has 0 saturated carbocycles. The maximum Gasteiger partial charge on any atom is 0.160 e. The summed E-state index contributed by atoms with van der Waals surface area (Å²) in [5.41, 5.74) is 9.99. The number of thiophene rings is 1. The van der Waals surface area contributed by atoms with Crippen LogP contribution in [0.2, 0.25) is 0 Å². The first kappa shape index (κ1) is 27.3. The van der Waals surface area contributed by atoms with Crippen molar-refractivity contribution in [3.63, 3.8) is 0 Å². The number of hydrogen-bond donors (Lipinski definition) is 0. The quantitative estimate of drug-likeness (QED) is 0.193. The fourth-order valence-corrected chi connectivity index (χ4v) is 7.42. The van der Waals surface area contributed by atoms with Crippen LogP contribution in [-0.4, -0.2) is 19.9 Å². The Morgan fingerprint density at radius 1 is 0.426 bits per heavy atom. The van der Waals surface area contributed by atoms with Gasteiger partial charge in [0.05, 0.1) is 11.4 Å². The van der Waals surface area contributed by atoms with Gasteiger partial charge in [-0.2, -0.15) is 0 Å². The summed E-state index contributed by atoms with van der Waals surface area (Å²) in [6, 6.07) is 50.7. The summed E-state index contributed by atoms with van der Waals surface area (Å²) < 4.78 is 2.58. The van der Waals surface area contributed by atoms with Gasteiger partial charge in [0.15, 0.2) is 11.5 Å². The molecule has 47 heavy (non-hydrogen) atoms. The second-order valence-corrected chi connectivity index (χ2v) is 12.6. The van der Waals surface area contributed by atoms with Crippen LogP contribution in [0.15, 0.2) is 158 Å². The Morgan fingerprint density at radius 3 is 1.83 bits per heavy atom. The number of nitrogens with zero attached hydrogens (tertiary/aromatic N) is 4. The number of fused-ring (bicyclic) bond motifs is 4. The van der Waals surface area contributed by atoms with Crippen molar-refractivity contribution >= 4 is 42.5 Å². The van der Waals surface area contributed by atoms with Gasteiger partial charge in [-0.3, -0.25) is 0 Å². The van der Waals surface area contributed by atoms with E-state index in [4.69, 9.17) is 15.0 Å². The molecule has 4 nitrogen and oxygen atoms in total. The van der Waals surface area contributed by atoms with E-state index < -0.39 is 0 Å². The van der Waals surface area contributed by atoms with Crippen molar-refractivity contribution < 1.29 is 0 Å². The molecule has 9 aromatic rings. The fourth-order valence-electron chi connectivity index (χ4n) is 6.33. The van der Waals surface area contributed by atoms with E-state index in [9.17, 15) is 0 Å². The Kier molecular flexibility index (Phi) is 6.61. The van der Waals surface area contributed by atoms with Crippen molar-refractivity contribution in [2.75, 3.05) is 0 Å². The first-order valence-corrected chi connectivity index (χ1v) is 16.4. The van der Waals surface area contributed by atoms with Gasteiger partial charge in [0, 0.05) is 65.8 Å². The van der Waals surface area contributed by atoms with Crippen molar-refractivity contribution in [2.24, 2.45) is 0 Å². The monoisotopic (exact) mass is 618 g/mol. The molecule has 0 amide bonds. The molecule has 0 fully saturated rings. The first-order valence-electron chi connectivity index (χ1n) is 15.5. The van der Waals surface area contributed by atoms with Gasteiger partial charge >= 0.3 is 0 Å². The van der Waals surface area contributed by atoms with E-state index in [2.05, 4.69) is 108 Å². The van der Waals surface area contributed by atoms with Gasteiger partial charge in [-0.1, -0.05) is 109 Å². The van der Waals surface area contributed by atoms with Gasteiger partial charge in [0.1, 0.15) is 0 Å². The van der Waals surface area contributed by atoms with Gasteiger partial charge in [0.2, 0.25) is 0 Å². The SMILES string of the molecule is c1ccc(-c2cc(-c3ccc(-c4c(-c5ccc6sc7ccccc7c6c5)cnc5ncccc45)cc3)nc(-c3ccccc3)n2)cc1. The molecule has 0 aliphatic heterocycles. The molecule has 0 aliphatic rings. The zero-order valence-corrected chi connectivity index (χ0v) is 26.0. The van der Waals surface area contributed by atoms with Crippen LogP contribution < -0.4 is 0 Å². The average Bonchev–Trinajstić information content (AvgIpc) is 3.53. The van der Waals surface area contributed by atoms with Crippen LogP contribution in [0.5, 0.6) is 0 Å². The van der Waals surface area contributed by atoms with Crippen molar-refractivity contribution in [1.29, 1.82) is 0 Å². The van der Waals surface area contributed by atoms with Gasteiger partial charge in [-0.15, -0.1) is 11.3 Å². The van der Waals surface area contributed by atoms with E-state index in [1.807, 2.05) is 60.0 Å². The lowest BCUT2D eigenvalue weighted by molar-refractivity contribution is 1.18. The maximum atomic E-state index is 5.04. The summed E-state index contributed by atoms with van der Waals surface area (Å²) in [6.45, 7) is 0.